The van der Waals surface area contributed by atoms with E-state index in [1.54, 1.807) is 18.2 Å². The summed E-state index contributed by atoms with van der Waals surface area (Å²) in [5.41, 5.74) is 1.13. The maximum absolute atomic E-state index is 13.0. The summed E-state index contributed by atoms with van der Waals surface area (Å²) in [6.07, 6.45) is 2.03. The molecule has 0 aliphatic carbocycles. The lowest BCUT2D eigenvalue weighted by atomic mass is 9.96. The number of carbonyl (C=O) groups excluding carboxylic acids is 2. The van der Waals surface area contributed by atoms with E-state index < -0.39 is 0 Å². The first-order valence-corrected chi connectivity index (χ1v) is 10.0. The first-order chi connectivity index (χ1) is 12.7. The number of piperidine rings is 1. The van der Waals surface area contributed by atoms with Crippen LogP contribution in [-0.4, -0.2) is 42.9 Å². The van der Waals surface area contributed by atoms with Gasteiger partial charge in [0.1, 0.15) is 0 Å². The molecular weight excluding hydrogens is 382 g/mol. The summed E-state index contributed by atoms with van der Waals surface area (Å²) >= 11 is 1.39. The molecule has 5 nitrogen and oxygen atoms in total. The number of thiophene rings is 1. The summed E-state index contributed by atoms with van der Waals surface area (Å²) in [7, 11) is 0. The number of hydrogen-bond donors (Lipinski definition) is 2. The molecule has 1 aliphatic heterocycles. The van der Waals surface area contributed by atoms with Crippen LogP contribution in [0.3, 0.4) is 0 Å². The summed E-state index contributed by atoms with van der Waals surface area (Å²) in [6, 6.07) is 10.9. The Morgan fingerprint density at radius 1 is 1.15 bits per heavy atom. The van der Waals surface area contributed by atoms with Gasteiger partial charge in [-0.2, -0.15) is 0 Å². The maximum atomic E-state index is 13.0. The Morgan fingerprint density at radius 3 is 2.56 bits per heavy atom. The Morgan fingerprint density at radius 2 is 1.89 bits per heavy atom. The predicted molar refractivity (Wildman–Crippen MR) is 113 cm³/mol. The number of anilines is 1. The number of carbonyl (C=O) groups is 2. The number of likely N-dealkylation sites (tertiary alicyclic amines) is 1. The summed E-state index contributed by atoms with van der Waals surface area (Å²) in [4.78, 5) is 27.8. The lowest BCUT2D eigenvalue weighted by Crippen LogP contribution is -2.41. The van der Waals surface area contributed by atoms with E-state index in [-0.39, 0.29) is 24.2 Å². The Labute approximate surface area is 170 Å². The minimum absolute atomic E-state index is 0. The average molecular weight is 408 g/mol. The van der Waals surface area contributed by atoms with Crippen molar-refractivity contribution in [3.8, 4) is 0 Å². The zero-order chi connectivity index (χ0) is 18.4. The zero-order valence-corrected chi connectivity index (χ0v) is 17.1. The lowest BCUT2D eigenvalue weighted by Gasteiger charge is -2.32. The van der Waals surface area contributed by atoms with Crippen molar-refractivity contribution in [1.82, 2.24) is 10.2 Å². The van der Waals surface area contributed by atoms with E-state index in [1.165, 1.54) is 11.3 Å². The zero-order valence-electron chi connectivity index (χ0n) is 15.4. The molecule has 1 fully saturated rings. The van der Waals surface area contributed by atoms with Gasteiger partial charge in [-0.05, 0) is 55.4 Å². The number of para-hydroxylation sites is 1. The number of rotatable bonds is 6. The van der Waals surface area contributed by atoms with Gasteiger partial charge in [-0.1, -0.05) is 25.1 Å². The minimum atomic E-state index is -0.176. The van der Waals surface area contributed by atoms with Crippen molar-refractivity contribution < 1.29 is 9.59 Å². The molecule has 7 heteroatoms. The summed E-state index contributed by atoms with van der Waals surface area (Å²) < 4.78 is 0. The predicted octanol–water partition coefficient (Wildman–Crippen LogP) is 3.88. The van der Waals surface area contributed by atoms with Crippen LogP contribution in [0.15, 0.2) is 41.8 Å². The van der Waals surface area contributed by atoms with Crippen molar-refractivity contribution in [1.29, 1.82) is 0 Å². The number of nitrogens with zero attached hydrogens (tertiary/aromatic N) is 1. The van der Waals surface area contributed by atoms with Crippen LogP contribution in [0.5, 0.6) is 0 Å². The topological polar surface area (TPSA) is 61.4 Å². The van der Waals surface area contributed by atoms with Crippen LogP contribution in [0, 0.1) is 5.92 Å². The molecule has 1 aromatic heterocycles. The molecule has 0 atom stereocenters. The SMILES string of the molecule is CCNCC1CCN(C(=O)c2ccccc2NC(=O)c2cccs2)CC1.Cl. The molecule has 2 N–H and O–H groups in total. The van der Waals surface area contributed by atoms with Crippen LogP contribution in [0.25, 0.3) is 0 Å². The largest absolute Gasteiger partial charge is 0.339 e. The number of halogens is 1. The van der Waals surface area contributed by atoms with Crippen molar-refractivity contribution in [3.05, 3.63) is 52.2 Å². The fourth-order valence-electron chi connectivity index (χ4n) is 3.23. The highest BCUT2D eigenvalue weighted by Gasteiger charge is 2.25. The standard InChI is InChI=1S/C20H25N3O2S.ClH/c1-2-21-14-15-9-11-23(12-10-15)20(25)16-6-3-4-7-17(16)22-19(24)18-8-5-13-26-18;/h3-8,13,15,21H,2,9-12,14H2,1H3,(H,22,24);1H. The highest BCUT2D eigenvalue weighted by molar-refractivity contribution is 7.12. The molecule has 1 aliphatic rings. The second kappa shape index (κ2) is 10.4. The van der Waals surface area contributed by atoms with E-state index in [0.29, 0.717) is 22.0 Å². The van der Waals surface area contributed by atoms with Crippen molar-refractivity contribution in [2.24, 2.45) is 5.92 Å². The number of benzene rings is 1. The Hall–Kier alpha value is -1.89. The first kappa shape index (κ1) is 21.4. The molecule has 2 aromatic rings. The van der Waals surface area contributed by atoms with Gasteiger partial charge in [-0.15, -0.1) is 23.7 Å². The molecule has 0 spiro atoms. The van der Waals surface area contributed by atoms with E-state index in [1.807, 2.05) is 28.5 Å². The van der Waals surface area contributed by atoms with Gasteiger partial charge in [-0.25, -0.2) is 0 Å². The molecule has 0 bridgehead atoms. The Bertz CT molecular complexity index is 743. The first-order valence-electron chi connectivity index (χ1n) is 9.13. The normalized spacial score (nSPS) is 14.5. The van der Waals surface area contributed by atoms with E-state index >= 15 is 0 Å². The third-order valence-electron chi connectivity index (χ3n) is 4.74. The van der Waals surface area contributed by atoms with Crippen molar-refractivity contribution in [2.75, 3.05) is 31.5 Å². The van der Waals surface area contributed by atoms with Gasteiger partial charge in [0.15, 0.2) is 0 Å². The molecule has 3 rings (SSSR count). The van der Waals surface area contributed by atoms with E-state index in [4.69, 9.17) is 0 Å². The molecule has 0 saturated carbocycles. The molecule has 0 unspecified atom stereocenters. The molecule has 2 amide bonds. The second-order valence-electron chi connectivity index (χ2n) is 6.52. The van der Waals surface area contributed by atoms with Crippen molar-refractivity contribution in [3.63, 3.8) is 0 Å². The van der Waals surface area contributed by atoms with Crippen LogP contribution < -0.4 is 10.6 Å². The second-order valence-corrected chi connectivity index (χ2v) is 7.47. The number of hydrogen-bond acceptors (Lipinski definition) is 4. The van der Waals surface area contributed by atoms with Crippen LogP contribution >= 0.6 is 23.7 Å². The maximum Gasteiger partial charge on any atom is 0.265 e. The molecule has 0 radical (unpaired) electrons. The highest BCUT2D eigenvalue weighted by Crippen LogP contribution is 2.23. The van der Waals surface area contributed by atoms with E-state index in [2.05, 4.69) is 17.6 Å². The fraction of sp³-hybridized carbons (Fsp3) is 0.400. The molecule has 1 aromatic carbocycles. The van der Waals surface area contributed by atoms with Crippen LogP contribution in [0.2, 0.25) is 0 Å². The summed E-state index contributed by atoms with van der Waals surface area (Å²) in [5.74, 6) is 0.450. The van der Waals surface area contributed by atoms with Gasteiger partial charge in [0, 0.05) is 13.1 Å². The van der Waals surface area contributed by atoms with Gasteiger partial charge in [-0.3, -0.25) is 9.59 Å². The quantitative estimate of drug-likeness (QED) is 0.763. The van der Waals surface area contributed by atoms with Gasteiger partial charge in [0.25, 0.3) is 11.8 Å². The number of amides is 2. The molecule has 27 heavy (non-hydrogen) atoms. The summed E-state index contributed by atoms with van der Waals surface area (Å²) in [6.45, 7) is 5.65. The average Bonchev–Trinajstić information content (AvgIpc) is 3.22. The molecule has 146 valence electrons. The molecular formula is C20H26ClN3O2S. The van der Waals surface area contributed by atoms with Gasteiger partial charge >= 0.3 is 0 Å². The van der Waals surface area contributed by atoms with Crippen molar-refractivity contribution in [2.45, 2.75) is 19.8 Å². The van der Waals surface area contributed by atoms with E-state index in [0.717, 1.165) is 39.0 Å². The van der Waals surface area contributed by atoms with Crippen LogP contribution in [0.4, 0.5) is 5.69 Å². The van der Waals surface area contributed by atoms with E-state index in [9.17, 15) is 9.59 Å². The molecule has 1 saturated heterocycles. The highest BCUT2D eigenvalue weighted by atomic mass is 35.5. The third kappa shape index (κ3) is 5.54. The van der Waals surface area contributed by atoms with Gasteiger partial charge in [0.2, 0.25) is 0 Å². The Kier molecular flexibility index (Phi) is 8.28. The third-order valence-corrected chi connectivity index (χ3v) is 5.60. The summed E-state index contributed by atoms with van der Waals surface area (Å²) in [5, 5.41) is 8.14. The monoisotopic (exact) mass is 407 g/mol. The van der Waals surface area contributed by atoms with Gasteiger partial charge in [0.05, 0.1) is 16.1 Å². The Balaban J connectivity index is 0.00000261. The lowest BCUT2D eigenvalue weighted by molar-refractivity contribution is 0.0691. The number of nitrogens with one attached hydrogen (secondary N) is 2. The van der Waals surface area contributed by atoms with Crippen LogP contribution in [-0.2, 0) is 0 Å². The van der Waals surface area contributed by atoms with Crippen LogP contribution in [0.1, 0.15) is 39.8 Å². The minimum Gasteiger partial charge on any atom is -0.339 e. The smallest absolute Gasteiger partial charge is 0.265 e. The molecule has 2 heterocycles. The fourth-order valence-corrected chi connectivity index (χ4v) is 3.85. The van der Waals surface area contributed by atoms with Crippen molar-refractivity contribution >= 4 is 41.2 Å². The van der Waals surface area contributed by atoms with Gasteiger partial charge < -0.3 is 15.5 Å².